The van der Waals surface area contributed by atoms with Crippen LogP contribution in [0.1, 0.15) is 19.4 Å². The molecular formula is C22H23N5O4S. The summed E-state index contributed by atoms with van der Waals surface area (Å²) in [6, 6.07) is 14.7. The summed E-state index contributed by atoms with van der Waals surface area (Å²) in [5, 5.41) is 13.1. The summed E-state index contributed by atoms with van der Waals surface area (Å²) >= 11 is 1.29. The van der Waals surface area contributed by atoms with Crippen LogP contribution in [-0.4, -0.2) is 45.7 Å². The molecule has 0 aliphatic rings. The number of ether oxygens (including phenoxy) is 2. The fourth-order valence-electron chi connectivity index (χ4n) is 2.83. The zero-order valence-corrected chi connectivity index (χ0v) is 18.8. The van der Waals surface area contributed by atoms with Gasteiger partial charge in [0, 0.05) is 19.0 Å². The van der Waals surface area contributed by atoms with E-state index in [0.717, 1.165) is 11.4 Å². The van der Waals surface area contributed by atoms with E-state index in [2.05, 4.69) is 20.7 Å². The van der Waals surface area contributed by atoms with Crippen molar-refractivity contribution in [1.29, 1.82) is 0 Å². The van der Waals surface area contributed by atoms with Gasteiger partial charge in [0.1, 0.15) is 0 Å². The Kier molecular flexibility index (Phi) is 7.98. The number of amides is 1. The summed E-state index contributed by atoms with van der Waals surface area (Å²) in [7, 11) is 1.47. The molecule has 9 nitrogen and oxygen atoms in total. The Hall–Kier alpha value is -3.66. The van der Waals surface area contributed by atoms with Crippen molar-refractivity contribution in [1.82, 2.24) is 20.2 Å². The molecule has 3 rings (SSSR count). The van der Waals surface area contributed by atoms with Crippen LogP contribution in [-0.2, 0) is 16.1 Å². The summed E-state index contributed by atoms with van der Waals surface area (Å²) in [6.45, 7) is 4.00. The number of aromatic nitrogens is 3. The van der Waals surface area contributed by atoms with E-state index in [9.17, 15) is 9.59 Å². The quantitative estimate of drug-likeness (QED) is 0.174. The number of hydrogen-bond donors (Lipinski definition) is 1. The van der Waals surface area contributed by atoms with Crippen molar-refractivity contribution >= 4 is 29.9 Å². The van der Waals surface area contributed by atoms with Crippen molar-refractivity contribution in [3.8, 4) is 22.9 Å². The van der Waals surface area contributed by atoms with E-state index in [0.29, 0.717) is 28.8 Å². The van der Waals surface area contributed by atoms with Gasteiger partial charge in [-0.1, -0.05) is 42.1 Å². The van der Waals surface area contributed by atoms with E-state index in [-0.39, 0.29) is 11.7 Å². The van der Waals surface area contributed by atoms with Crippen LogP contribution in [0.3, 0.4) is 0 Å². The van der Waals surface area contributed by atoms with Crippen LogP contribution in [0.4, 0.5) is 0 Å². The van der Waals surface area contributed by atoms with Gasteiger partial charge in [-0.15, -0.1) is 10.2 Å². The number of carbonyl (C=O) groups is 2. The molecule has 0 radical (unpaired) electrons. The van der Waals surface area contributed by atoms with Crippen molar-refractivity contribution < 1.29 is 19.1 Å². The SMILES string of the molecule is CCn1c(SCC(=O)N/N=C/c2ccc(OC(C)=O)c(OC)c2)nnc1-c1ccccc1. The summed E-state index contributed by atoms with van der Waals surface area (Å²) in [5.41, 5.74) is 4.13. The van der Waals surface area contributed by atoms with E-state index < -0.39 is 5.97 Å². The molecule has 1 amide bonds. The first-order chi connectivity index (χ1) is 15.5. The number of hydrazone groups is 1. The van der Waals surface area contributed by atoms with Gasteiger partial charge in [0.15, 0.2) is 22.5 Å². The highest BCUT2D eigenvalue weighted by molar-refractivity contribution is 7.99. The summed E-state index contributed by atoms with van der Waals surface area (Å²) in [4.78, 5) is 23.3. The van der Waals surface area contributed by atoms with Crippen LogP contribution >= 0.6 is 11.8 Å². The predicted molar refractivity (Wildman–Crippen MR) is 122 cm³/mol. The van der Waals surface area contributed by atoms with E-state index in [4.69, 9.17) is 9.47 Å². The Labute approximate surface area is 189 Å². The minimum atomic E-state index is -0.440. The van der Waals surface area contributed by atoms with Crippen molar-refractivity contribution in [2.75, 3.05) is 12.9 Å². The number of nitrogens with one attached hydrogen (secondary N) is 1. The van der Waals surface area contributed by atoms with E-state index in [1.54, 1.807) is 18.2 Å². The van der Waals surface area contributed by atoms with Gasteiger partial charge < -0.3 is 14.0 Å². The van der Waals surface area contributed by atoms with E-state index >= 15 is 0 Å². The minimum Gasteiger partial charge on any atom is -0.493 e. The molecule has 1 heterocycles. The van der Waals surface area contributed by atoms with Gasteiger partial charge in [-0.2, -0.15) is 5.10 Å². The maximum Gasteiger partial charge on any atom is 0.308 e. The molecular weight excluding hydrogens is 430 g/mol. The predicted octanol–water partition coefficient (Wildman–Crippen LogP) is 3.14. The zero-order chi connectivity index (χ0) is 22.9. The second-order valence-corrected chi connectivity index (χ2v) is 7.44. The van der Waals surface area contributed by atoms with Gasteiger partial charge in [-0.05, 0) is 30.7 Å². The number of methoxy groups -OCH3 is 1. The molecule has 1 N–H and O–H groups in total. The van der Waals surface area contributed by atoms with Crippen LogP contribution in [0.15, 0.2) is 58.8 Å². The van der Waals surface area contributed by atoms with Gasteiger partial charge >= 0.3 is 5.97 Å². The molecule has 0 spiro atoms. The molecule has 0 atom stereocenters. The largest absolute Gasteiger partial charge is 0.493 e. The van der Waals surface area contributed by atoms with Gasteiger partial charge in [0.25, 0.3) is 5.91 Å². The molecule has 10 heteroatoms. The van der Waals surface area contributed by atoms with Crippen LogP contribution in [0.2, 0.25) is 0 Å². The molecule has 0 saturated carbocycles. The van der Waals surface area contributed by atoms with E-state index in [1.165, 1.54) is 32.0 Å². The second-order valence-electron chi connectivity index (χ2n) is 6.50. The highest BCUT2D eigenvalue weighted by atomic mass is 32.2. The number of hydrogen-bond acceptors (Lipinski definition) is 8. The van der Waals surface area contributed by atoms with E-state index in [1.807, 2.05) is 41.8 Å². The van der Waals surface area contributed by atoms with Crippen LogP contribution < -0.4 is 14.9 Å². The first kappa shape index (κ1) is 23.0. The summed E-state index contributed by atoms with van der Waals surface area (Å²) in [5.74, 6) is 0.886. The molecule has 3 aromatic rings. The minimum absolute atomic E-state index is 0.138. The molecule has 2 aromatic carbocycles. The number of nitrogens with zero attached hydrogens (tertiary/aromatic N) is 4. The third-order valence-corrected chi connectivity index (χ3v) is 5.21. The number of esters is 1. The Bertz CT molecular complexity index is 1110. The van der Waals surface area contributed by atoms with Crippen molar-refractivity contribution in [2.24, 2.45) is 5.10 Å². The fourth-order valence-corrected chi connectivity index (χ4v) is 3.62. The fraction of sp³-hybridized carbons (Fsp3) is 0.227. The van der Waals surface area contributed by atoms with Crippen LogP contribution in [0.25, 0.3) is 11.4 Å². The molecule has 0 aliphatic heterocycles. The lowest BCUT2D eigenvalue weighted by atomic mass is 10.2. The lowest BCUT2D eigenvalue weighted by molar-refractivity contribution is -0.132. The number of benzene rings is 2. The molecule has 0 saturated heterocycles. The third kappa shape index (κ3) is 5.94. The second kappa shape index (κ2) is 11.1. The van der Waals surface area contributed by atoms with Gasteiger partial charge in [-0.25, -0.2) is 5.43 Å². The summed E-state index contributed by atoms with van der Waals surface area (Å²) in [6.07, 6.45) is 1.48. The topological polar surface area (TPSA) is 108 Å². The standard InChI is InChI=1S/C22H23N5O4S/c1-4-27-21(17-8-6-5-7-9-17)25-26-22(27)32-14-20(29)24-23-13-16-10-11-18(31-15(2)28)19(12-16)30-3/h5-13H,4,14H2,1-3H3,(H,24,29)/b23-13+. The highest BCUT2D eigenvalue weighted by Gasteiger charge is 2.14. The average Bonchev–Trinajstić information content (AvgIpc) is 3.21. The first-order valence-electron chi connectivity index (χ1n) is 9.81. The van der Waals surface area contributed by atoms with Crippen molar-refractivity contribution in [3.63, 3.8) is 0 Å². The molecule has 0 fully saturated rings. The van der Waals surface area contributed by atoms with Gasteiger partial charge in [0.05, 0.1) is 19.1 Å². The van der Waals surface area contributed by atoms with Crippen LogP contribution in [0, 0.1) is 0 Å². The smallest absolute Gasteiger partial charge is 0.308 e. The molecule has 0 aliphatic carbocycles. The molecule has 1 aromatic heterocycles. The van der Waals surface area contributed by atoms with Crippen LogP contribution in [0.5, 0.6) is 11.5 Å². The Morgan fingerprint density at radius 1 is 1.16 bits per heavy atom. The highest BCUT2D eigenvalue weighted by Crippen LogP contribution is 2.27. The lowest BCUT2D eigenvalue weighted by Crippen LogP contribution is -2.20. The molecule has 0 bridgehead atoms. The van der Waals surface area contributed by atoms with Gasteiger partial charge in [0.2, 0.25) is 0 Å². The molecule has 32 heavy (non-hydrogen) atoms. The zero-order valence-electron chi connectivity index (χ0n) is 17.9. The lowest BCUT2D eigenvalue weighted by Gasteiger charge is -2.08. The summed E-state index contributed by atoms with van der Waals surface area (Å²) < 4.78 is 12.2. The Morgan fingerprint density at radius 3 is 2.62 bits per heavy atom. The Morgan fingerprint density at radius 2 is 1.94 bits per heavy atom. The van der Waals surface area contributed by atoms with Gasteiger partial charge in [-0.3, -0.25) is 9.59 Å². The number of rotatable bonds is 9. The maximum atomic E-state index is 12.2. The first-order valence-corrected chi connectivity index (χ1v) is 10.8. The monoisotopic (exact) mass is 453 g/mol. The number of carbonyl (C=O) groups excluding carboxylic acids is 2. The van der Waals surface area contributed by atoms with Crippen molar-refractivity contribution in [3.05, 3.63) is 54.1 Å². The molecule has 0 unspecified atom stereocenters. The average molecular weight is 454 g/mol. The Balaban J connectivity index is 1.57. The maximum absolute atomic E-state index is 12.2. The van der Waals surface area contributed by atoms with Crippen molar-refractivity contribution in [2.45, 2.75) is 25.5 Å². The molecule has 166 valence electrons. The third-order valence-electron chi connectivity index (χ3n) is 4.24. The number of thioether (sulfide) groups is 1. The normalized spacial score (nSPS) is 10.8.